The van der Waals surface area contributed by atoms with Gasteiger partial charge in [0.15, 0.2) is 4.80 Å². The maximum absolute atomic E-state index is 6.36. The summed E-state index contributed by atoms with van der Waals surface area (Å²) in [5, 5.41) is 5.66. The summed E-state index contributed by atoms with van der Waals surface area (Å²) in [6.07, 6.45) is 0. The standard InChI is InChI=1S/C20H14Cl2N2S.ClH/c1-24-19(16-10-9-14(21)11-17(16)22)12-25-20(24)23-18-8-4-6-13-5-2-3-7-15(13)18;/h2-12H,1H3;1H. The minimum atomic E-state index is 0. The predicted molar refractivity (Wildman–Crippen MR) is 115 cm³/mol. The maximum Gasteiger partial charge on any atom is 0.190 e. The van der Waals surface area contributed by atoms with Crippen LogP contribution in [0.15, 0.2) is 71.0 Å². The molecule has 4 rings (SSSR count). The predicted octanol–water partition coefficient (Wildman–Crippen LogP) is 6.87. The molecule has 4 aromatic rings. The fourth-order valence-corrected chi connectivity index (χ4v) is 4.24. The first-order valence-electron chi connectivity index (χ1n) is 7.76. The number of hydrogen-bond acceptors (Lipinski definition) is 2. The van der Waals surface area contributed by atoms with Gasteiger partial charge in [-0.25, -0.2) is 4.99 Å². The molecule has 0 atom stereocenters. The first-order chi connectivity index (χ1) is 12.1. The minimum absolute atomic E-state index is 0. The van der Waals surface area contributed by atoms with Crippen molar-refractivity contribution in [3.63, 3.8) is 0 Å². The number of benzene rings is 3. The number of aromatic nitrogens is 1. The fraction of sp³-hybridized carbons (Fsp3) is 0.0500. The number of hydrogen-bond donors (Lipinski definition) is 0. The largest absolute Gasteiger partial charge is 0.319 e. The van der Waals surface area contributed by atoms with Gasteiger partial charge in [0.05, 0.1) is 16.4 Å². The Bertz CT molecular complexity index is 1140. The van der Waals surface area contributed by atoms with Crippen LogP contribution in [0, 0.1) is 0 Å². The van der Waals surface area contributed by atoms with E-state index in [9.17, 15) is 0 Å². The molecule has 0 radical (unpaired) electrons. The lowest BCUT2D eigenvalue weighted by Crippen LogP contribution is -2.11. The summed E-state index contributed by atoms with van der Waals surface area (Å²) in [5.74, 6) is 0. The topological polar surface area (TPSA) is 17.3 Å². The molecule has 0 fully saturated rings. The summed E-state index contributed by atoms with van der Waals surface area (Å²) in [6, 6.07) is 20.0. The van der Waals surface area contributed by atoms with Crippen molar-refractivity contribution < 1.29 is 0 Å². The zero-order valence-electron chi connectivity index (χ0n) is 13.8. The lowest BCUT2D eigenvalue weighted by atomic mass is 10.1. The van der Waals surface area contributed by atoms with Gasteiger partial charge in [-0.1, -0.05) is 59.6 Å². The Labute approximate surface area is 171 Å². The van der Waals surface area contributed by atoms with Crippen molar-refractivity contribution in [1.82, 2.24) is 4.57 Å². The second-order valence-electron chi connectivity index (χ2n) is 5.70. The van der Waals surface area contributed by atoms with E-state index in [2.05, 4.69) is 28.1 Å². The number of halogens is 3. The van der Waals surface area contributed by atoms with Crippen molar-refractivity contribution in [3.8, 4) is 11.3 Å². The van der Waals surface area contributed by atoms with Gasteiger partial charge in [-0.05, 0) is 29.7 Å². The fourth-order valence-electron chi connectivity index (χ4n) is 2.82. The van der Waals surface area contributed by atoms with Gasteiger partial charge in [-0.2, -0.15) is 0 Å². The van der Waals surface area contributed by atoms with E-state index in [4.69, 9.17) is 28.2 Å². The minimum Gasteiger partial charge on any atom is -0.319 e. The van der Waals surface area contributed by atoms with E-state index in [1.165, 1.54) is 5.39 Å². The van der Waals surface area contributed by atoms with Crippen LogP contribution in [0.25, 0.3) is 22.0 Å². The van der Waals surface area contributed by atoms with Crippen molar-refractivity contribution >= 4 is 63.4 Å². The molecule has 0 amide bonds. The molecule has 0 aliphatic rings. The summed E-state index contributed by atoms with van der Waals surface area (Å²) in [6.45, 7) is 0. The van der Waals surface area contributed by atoms with Crippen LogP contribution >= 0.6 is 46.9 Å². The monoisotopic (exact) mass is 420 g/mol. The van der Waals surface area contributed by atoms with Crippen LogP contribution in [0.1, 0.15) is 0 Å². The van der Waals surface area contributed by atoms with Gasteiger partial charge in [0.25, 0.3) is 0 Å². The van der Waals surface area contributed by atoms with E-state index in [0.717, 1.165) is 27.1 Å². The maximum atomic E-state index is 6.36. The van der Waals surface area contributed by atoms with Gasteiger partial charge < -0.3 is 4.57 Å². The molecule has 0 aliphatic heterocycles. The van der Waals surface area contributed by atoms with Gasteiger partial charge in [0, 0.05) is 28.4 Å². The van der Waals surface area contributed by atoms with Crippen molar-refractivity contribution in [3.05, 3.63) is 80.9 Å². The van der Waals surface area contributed by atoms with Crippen LogP contribution in [0.5, 0.6) is 0 Å². The molecule has 0 spiro atoms. The smallest absolute Gasteiger partial charge is 0.190 e. The zero-order valence-corrected chi connectivity index (χ0v) is 17.0. The molecule has 0 bridgehead atoms. The molecule has 132 valence electrons. The second-order valence-corrected chi connectivity index (χ2v) is 7.38. The molecule has 1 heterocycles. The third-order valence-corrected chi connectivity index (χ3v) is 5.58. The van der Waals surface area contributed by atoms with Crippen LogP contribution in [-0.2, 0) is 7.05 Å². The Kier molecular flexibility index (Phi) is 5.73. The molecule has 2 nitrogen and oxygen atoms in total. The molecule has 0 N–H and O–H groups in total. The number of fused-ring (bicyclic) bond motifs is 1. The molecule has 26 heavy (non-hydrogen) atoms. The average molecular weight is 422 g/mol. The van der Waals surface area contributed by atoms with Crippen molar-refractivity contribution in [2.45, 2.75) is 0 Å². The summed E-state index contributed by atoms with van der Waals surface area (Å²) in [4.78, 5) is 5.79. The highest BCUT2D eigenvalue weighted by molar-refractivity contribution is 7.07. The van der Waals surface area contributed by atoms with Crippen LogP contribution in [-0.4, -0.2) is 4.57 Å². The summed E-state index contributed by atoms with van der Waals surface area (Å²) in [7, 11) is 2.00. The lowest BCUT2D eigenvalue weighted by Gasteiger charge is -2.06. The van der Waals surface area contributed by atoms with Crippen LogP contribution in [0.2, 0.25) is 10.0 Å². The van der Waals surface area contributed by atoms with Crippen molar-refractivity contribution in [2.75, 3.05) is 0 Å². The van der Waals surface area contributed by atoms with Gasteiger partial charge in [0.1, 0.15) is 0 Å². The highest BCUT2D eigenvalue weighted by atomic mass is 35.5. The highest BCUT2D eigenvalue weighted by Gasteiger charge is 2.09. The third-order valence-electron chi connectivity index (χ3n) is 4.11. The first kappa shape index (κ1) is 19.0. The Hall–Kier alpha value is -1.78. The Balaban J connectivity index is 0.00000196. The zero-order chi connectivity index (χ0) is 17.4. The van der Waals surface area contributed by atoms with Crippen molar-refractivity contribution in [2.24, 2.45) is 12.0 Å². The second kappa shape index (κ2) is 7.85. The highest BCUT2D eigenvalue weighted by Crippen LogP contribution is 2.31. The van der Waals surface area contributed by atoms with Crippen LogP contribution < -0.4 is 4.80 Å². The quantitative estimate of drug-likeness (QED) is 0.336. The molecular weight excluding hydrogens is 407 g/mol. The molecule has 6 heteroatoms. The number of thiazole rings is 1. The molecule has 0 unspecified atom stereocenters. The van der Waals surface area contributed by atoms with Crippen LogP contribution in [0.3, 0.4) is 0 Å². The van der Waals surface area contributed by atoms with Gasteiger partial charge in [0.2, 0.25) is 0 Å². The molecular formula is C20H15Cl3N2S. The number of rotatable bonds is 2. The Morgan fingerprint density at radius 3 is 2.54 bits per heavy atom. The summed E-state index contributed by atoms with van der Waals surface area (Å²) < 4.78 is 2.06. The molecule has 3 aromatic carbocycles. The lowest BCUT2D eigenvalue weighted by molar-refractivity contribution is 0.883. The normalized spacial score (nSPS) is 11.6. The Morgan fingerprint density at radius 2 is 1.73 bits per heavy atom. The number of nitrogens with zero attached hydrogens (tertiary/aromatic N) is 2. The van der Waals surface area contributed by atoms with E-state index < -0.39 is 0 Å². The van der Waals surface area contributed by atoms with Crippen molar-refractivity contribution in [1.29, 1.82) is 0 Å². The molecule has 0 saturated carbocycles. The van der Waals surface area contributed by atoms with E-state index in [1.54, 1.807) is 17.4 Å². The molecule has 0 aliphatic carbocycles. The van der Waals surface area contributed by atoms with Gasteiger partial charge in [-0.15, -0.1) is 23.7 Å². The average Bonchev–Trinajstić information content (AvgIpc) is 2.96. The summed E-state index contributed by atoms with van der Waals surface area (Å²) in [5.41, 5.74) is 2.93. The van der Waals surface area contributed by atoms with E-state index in [0.29, 0.717) is 10.0 Å². The van der Waals surface area contributed by atoms with Crippen LogP contribution in [0.4, 0.5) is 5.69 Å². The van der Waals surface area contributed by atoms with Gasteiger partial charge in [-0.3, -0.25) is 0 Å². The first-order valence-corrected chi connectivity index (χ1v) is 9.39. The SMILES string of the molecule is Cl.Cn1c(-c2ccc(Cl)cc2Cl)csc1=Nc1cccc2ccccc12. The van der Waals surface area contributed by atoms with E-state index in [1.807, 2.05) is 43.4 Å². The molecule has 1 aromatic heterocycles. The molecule has 0 saturated heterocycles. The summed E-state index contributed by atoms with van der Waals surface area (Å²) >= 11 is 14.0. The van der Waals surface area contributed by atoms with E-state index >= 15 is 0 Å². The van der Waals surface area contributed by atoms with E-state index in [-0.39, 0.29) is 12.4 Å². The third kappa shape index (κ3) is 3.53. The van der Waals surface area contributed by atoms with Gasteiger partial charge >= 0.3 is 0 Å². The Morgan fingerprint density at radius 1 is 0.962 bits per heavy atom.